The van der Waals surface area contributed by atoms with Crippen LogP contribution >= 0.6 is 0 Å². The largest absolute Gasteiger partial charge is 0.361 e. The van der Waals surface area contributed by atoms with Gasteiger partial charge in [0.15, 0.2) is 0 Å². The van der Waals surface area contributed by atoms with Crippen LogP contribution in [0.25, 0.3) is 0 Å². The Labute approximate surface area is 161 Å². The molecule has 0 radical (unpaired) electrons. The Hall–Kier alpha value is -1.85. The van der Waals surface area contributed by atoms with Gasteiger partial charge in [-0.15, -0.1) is 0 Å². The van der Waals surface area contributed by atoms with E-state index in [0.717, 1.165) is 62.5 Å². The Bertz CT molecular complexity index is 710. The highest BCUT2D eigenvalue weighted by Gasteiger charge is 2.50. The molecule has 0 aromatic carbocycles. The third kappa shape index (κ3) is 3.39. The highest BCUT2D eigenvalue weighted by atomic mass is 16.5. The zero-order valence-electron chi connectivity index (χ0n) is 16.8. The molecule has 2 amide bonds. The normalized spacial score (nSPS) is 23.1. The van der Waals surface area contributed by atoms with E-state index >= 15 is 0 Å². The first kappa shape index (κ1) is 18.5. The second kappa shape index (κ2) is 6.95. The molecule has 3 fully saturated rings. The number of rotatable bonds is 4. The van der Waals surface area contributed by atoms with Crippen molar-refractivity contribution >= 4 is 11.8 Å². The number of carbonyl (C=O) groups excluding carboxylic acids is 2. The van der Waals surface area contributed by atoms with Gasteiger partial charge in [-0.25, -0.2) is 0 Å². The fourth-order valence-electron chi connectivity index (χ4n) is 5.44. The summed E-state index contributed by atoms with van der Waals surface area (Å²) in [5.74, 6) is 1.75. The first-order valence-electron chi connectivity index (χ1n) is 10.4. The van der Waals surface area contributed by atoms with Crippen LogP contribution in [0.4, 0.5) is 0 Å². The summed E-state index contributed by atoms with van der Waals surface area (Å²) >= 11 is 0. The van der Waals surface area contributed by atoms with Crippen molar-refractivity contribution in [2.45, 2.75) is 65.2 Å². The molecule has 1 saturated carbocycles. The Morgan fingerprint density at radius 2 is 1.85 bits per heavy atom. The van der Waals surface area contributed by atoms with Crippen LogP contribution in [0.1, 0.15) is 68.4 Å². The van der Waals surface area contributed by atoms with Crippen molar-refractivity contribution in [1.29, 1.82) is 0 Å². The van der Waals surface area contributed by atoms with E-state index in [0.29, 0.717) is 12.3 Å². The van der Waals surface area contributed by atoms with Crippen LogP contribution in [0.15, 0.2) is 4.52 Å². The second-order valence-corrected chi connectivity index (χ2v) is 9.08. The molecule has 6 nitrogen and oxygen atoms in total. The molecule has 1 atom stereocenters. The summed E-state index contributed by atoms with van der Waals surface area (Å²) < 4.78 is 5.24. The Balaban J connectivity index is 1.29. The molecule has 2 aliphatic heterocycles. The number of carbonyl (C=O) groups is 2. The summed E-state index contributed by atoms with van der Waals surface area (Å²) in [6, 6.07) is 0. The maximum atomic E-state index is 12.7. The van der Waals surface area contributed by atoms with Gasteiger partial charge in [-0.1, -0.05) is 24.9 Å². The Kier molecular flexibility index (Phi) is 4.77. The Morgan fingerprint density at radius 1 is 1.19 bits per heavy atom. The molecule has 3 heterocycles. The van der Waals surface area contributed by atoms with E-state index in [1.807, 2.05) is 18.7 Å². The lowest BCUT2D eigenvalue weighted by molar-refractivity contribution is -0.144. The zero-order chi connectivity index (χ0) is 19.2. The standard InChI is InChI=1S/C21H31N3O3/c1-14(19-15(2)22-27-16(19)3)10-18(25)24-12-21(13-24)8-9-23(11-21)20(26)17-6-4-5-7-17/h14,17H,4-13H2,1-3H3. The highest BCUT2D eigenvalue weighted by Crippen LogP contribution is 2.41. The molecule has 0 N–H and O–H groups in total. The first-order chi connectivity index (χ1) is 12.9. The van der Waals surface area contributed by atoms with E-state index in [-0.39, 0.29) is 23.2 Å². The number of nitrogens with zero attached hydrogens (tertiary/aromatic N) is 3. The van der Waals surface area contributed by atoms with Crippen LogP contribution in [-0.2, 0) is 9.59 Å². The summed E-state index contributed by atoms with van der Waals surface area (Å²) in [5.41, 5.74) is 2.09. The average molecular weight is 373 g/mol. The SMILES string of the molecule is Cc1noc(C)c1C(C)CC(=O)N1CC2(CCN(C(=O)C3CCCC3)C2)C1. The third-order valence-corrected chi connectivity index (χ3v) is 6.92. The second-order valence-electron chi connectivity index (χ2n) is 9.08. The summed E-state index contributed by atoms with van der Waals surface area (Å²) in [7, 11) is 0. The number of likely N-dealkylation sites (tertiary alicyclic amines) is 2. The van der Waals surface area contributed by atoms with Crippen molar-refractivity contribution in [3.8, 4) is 0 Å². The summed E-state index contributed by atoms with van der Waals surface area (Å²) in [4.78, 5) is 29.4. The van der Waals surface area contributed by atoms with Gasteiger partial charge in [-0.3, -0.25) is 9.59 Å². The minimum absolute atomic E-state index is 0.115. The topological polar surface area (TPSA) is 66.7 Å². The molecule has 27 heavy (non-hydrogen) atoms. The molecular weight excluding hydrogens is 342 g/mol. The van der Waals surface area contributed by atoms with Crippen molar-refractivity contribution in [1.82, 2.24) is 15.0 Å². The van der Waals surface area contributed by atoms with Gasteiger partial charge in [0.1, 0.15) is 5.76 Å². The third-order valence-electron chi connectivity index (χ3n) is 6.92. The van der Waals surface area contributed by atoms with E-state index in [4.69, 9.17) is 4.52 Å². The highest BCUT2D eigenvalue weighted by molar-refractivity contribution is 5.80. The summed E-state index contributed by atoms with van der Waals surface area (Å²) in [6.45, 7) is 9.21. The van der Waals surface area contributed by atoms with Gasteiger partial charge in [-0.2, -0.15) is 0 Å². The molecule has 1 spiro atoms. The quantitative estimate of drug-likeness (QED) is 0.814. The molecule has 1 aromatic rings. The van der Waals surface area contributed by atoms with Crippen LogP contribution in [-0.4, -0.2) is 52.9 Å². The summed E-state index contributed by atoms with van der Waals surface area (Å²) in [5, 5.41) is 4.00. The maximum Gasteiger partial charge on any atom is 0.225 e. The van der Waals surface area contributed by atoms with E-state index < -0.39 is 0 Å². The van der Waals surface area contributed by atoms with Gasteiger partial charge in [0.05, 0.1) is 5.69 Å². The lowest BCUT2D eigenvalue weighted by atomic mass is 9.78. The van der Waals surface area contributed by atoms with Gasteiger partial charge in [0.2, 0.25) is 11.8 Å². The molecule has 2 saturated heterocycles. The van der Waals surface area contributed by atoms with Gasteiger partial charge < -0.3 is 14.3 Å². The molecule has 148 valence electrons. The van der Waals surface area contributed by atoms with Crippen molar-refractivity contribution in [2.24, 2.45) is 11.3 Å². The molecule has 6 heteroatoms. The van der Waals surface area contributed by atoms with Crippen molar-refractivity contribution < 1.29 is 14.1 Å². The van der Waals surface area contributed by atoms with Gasteiger partial charge >= 0.3 is 0 Å². The number of hydrogen-bond acceptors (Lipinski definition) is 4. The van der Waals surface area contributed by atoms with Crippen molar-refractivity contribution in [2.75, 3.05) is 26.2 Å². The van der Waals surface area contributed by atoms with Crippen LogP contribution in [0.2, 0.25) is 0 Å². The zero-order valence-corrected chi connectivity index (χ0v) is 16.8. The number of aryl methyl sites for hydroxylation is 2. The average Bonchev–Trinajstić information content (AvgIpc) is 3.32. The van der Waals surface area contributed by atoms with Gasteiger partial charge in [-0.05, 0) is 39.0 Å². The number of aromatic nitrogens is 1. The van der Waals surface area contributed by atoms with E-state index in [1.165, 1.54) is 12.8 Å². The molecule has 3 aliphatic rings. The number of amides is 2. The van der Waals surface area contributed by atoms with E-state index in [2.05, 4.69) is 17.0 Å². The van der Waals surface area contributed by atoms with Gasteiger partial charge in [0.25, 0.3) is 0 Å². The summed E-state index contributed by atoms with van der Waals surface area (Å²) in [6.07, 6.45) is 6.04. The lowest BCUT2D eigenvalue weighted by Crippen LogP contribution is -2.59. The fraction of sp³-hybridized carbons (Fsp3) is 0.762. The predicted octanol–water partition coefficient (Wildman–Crippen LogP) is 3.04. The van der Waals surface area contributed by atoms with Crippen LogP contribution in [0, 0.1) is 25.2 Å². The van der Waals surface area contributed by atoms with Crippen LogP contribution in [0.5, 0.6) is 0 Å². The number of hydrogen-bond donors (Lipinski definition) is 0. The molecule has 1 aromatic heterocycles. The van der Waals surface area contributed by atoms with Crippen molar-refractivity contribution in [3.05, 3.63) is 17.0 Å². The van der Waals surface area contributed by atoms with E-state index in [1.54, 1.807) is 0 Å². The molecule has 0 bridgehead atoms. The molecule has 4 rings (SSSR count). The Morgan fingerprint density at radius 3 is 2.48 bits per heavy atom. The van der Waals surface area contributed by atoms with Crippen molar-refractivity contribution in [3.63, 3.8) is 0 Å². The maximum absolute atomic E-state index is 12.7. The predicted molar refractivity (Wildman–Crippen MR) is 101 cm³/mol. The molecule has 1 aliphatic carbocycles. The fourth-order valence-corrected chi connectivity index (χ4v) is 5.44. The minimum atomic E-state index is 0.115. The van der Waals surface area contributed by atoms with Crippen LogP contribution in [0.3, 0.4) is 0 Å². The monoisotopic (exact) mass is 373 g/mol. The lowest BCUT2D eigenvalue weighted by Gasteiger charge is -2.48. The minimum Gasteiger partial charge on any atom is -0.361 e. The van der Waals surface area contributed by atoms with Crippen LogP contribution < -0.4 is 0 Å². The van der Waals surface area contributed by atoms with Gasteiger partial charge in [0, 0.05) is 49.5 Å². The first-order valence-corrected chi connectivity index (χ1v) is 10.4. The molecule has 1 unspecified atom stereocenters. The smallest absolute Gasteiger partial charge is 0.225 e. The molecular formula is C21H31N3O3. The van der Waals surface area contributed by atoms with E-state index in [9.17, 15) is 9.59 Å².